The largest absolute Gasteiger partial charge is 0.496 e. The van der Waals surface area contributed by atoms with Crippen LogP contribution in [0.15, 0.2) is 18.2 Å². The minimum Gasteiger partial charge on any atom is -0.496 e. The van der Waals surface area contributed by atoms with Gasteiger partial charge in [-0.3, -0.25) is 0 Å². The molecule has 1 aliphatic heterocycles. The number of rotatable bonds is 4. The number of nitrogens with zero attached hydrogens (tertiary/aromatic N) is 1. The maximum absolute atomic E-state index is 9.97. The molecule has 2 rings (SSSR count). The minimum absolute atomic E-state index is 0.148. The van der Waals surface area contributed by atoms with Crippen molar-refractivity contribution < 1.29 is 14.9 Å². The first-order valence-corrected chi connectivity index (χ1v) is 6.41. The van der Waals surface area contributed by atoms with Crippen LogP contribution in [0.25, 0.3) is 0 Å². The van der Waals surface area contributed by atoms with Gasteiger partial charge in [-0.2, -0.15) is 0 Å². The summed E-state index contributed by atoms with van der Waals surface area (Å²) in [6, 6.07) is 5.91. The lowest BCUT2D eigenvalue weighted by Crippen LogP contribution is -2.33. The first-order chi connectivity index (χ1) is 8.69. The second kappa shape index (κ2) is 5.59. The lowest BCUT2D eigenvalue weighted by Gasteiger charge is -2.29. The van der Waals surface area contributed by atoms with Gasteiger partial charge in [0, 0.05) is 17.8 Å². The fraction of sp³-hybridized carbons (Fsp3) is 0.571. The highest BCUT2D eigenvalue weighted by Gasteiger charge is 2.27. The summed E-state index contributed by atoms with van der Waals surface area (Å²) in [5.74, 6) is 0.700. The third kappa shape index (κ3) is 2.31. The number of aliphatic hydroxyl groups excluding tert-OH is 2. The van der Waals surface area contributed by atoms with E-state index in [2.05, 4.69) is 4.90 Å². The summed E-state index contributed by atoms with van der Waals surface area (Å²) in [6.45, 7) is 2.81. The van der Waals surface area contributed by atoms with Crippen LogP contribution in [0.5, 0.6) is 5.75 Å². The fourth-order valence-electron chi connectivity index (χ4n) is 2.72. The first-order valence-electron chi connectivity index (χ1n) is 6.41. The first kappa shape index (κ1) is 13.2. The van der Waals surface area contributed by atoms with Gasteiger partial charge < -0.3 is 19.8 Å². The molecular weight excluding hydrogens is 230 g/mol. The molecule has 1 saturated heterocycles. The van der Waals surface area contributed by atoms with Gasteiger partial charge in [0.2, 0.25) is 0 Å². The highest BCUT2D eigenvalue weighted by Crippen LogP contribution is 2.37. The molecule has 0 saturated carbocycles. The average Bonchev–Trinajstić information content (AvgIpc) is 2.85. The number of hydrogen-bond donors (Lipinski definition) is 2. The Morgan fingerprint density at radius 2 is 2.28 bits per heavy atom. The Morgan fingerprint density at radius 1 is 1.50 bits per heavy atom. The van der Waals surface area contributed by atoms with Crippen LogP contribution in [-0.4, -0.2) is 36.5 Å². The van der Waals surface area contributed by atoms with Crippen LogP contribution in [0.3, 0.4) is 0 Å². The third-order valence-corrected chi connectivity index (χ3v) is 3.58. The molecular formula is C14H21NO3. The van der Waals surface area contributed by atoms with E-state index in [0.29, 0.717) is 5.75 Å². The predicted molar refractivity (Wildman–Crippen MR) is 71.1 cm³/mol. The Morgan fingerprint density at radius 3 is 2.89 bits per heavy atom. The van der Waals surface area contributed by atoms with E-state index in [1.807, 2.05) is 18.2 Å². The number of methoxy groups -OCH3 is 1. The molecule has 0 spiro atoms. The SMILES string of the molecule is COc1cccc(N2CCCC2CO)c1C(C)O. The Balaban J connectivity index is 2.43. The molecule has 0 aromatic heterocycles. The standard InChI is InChI=1S/C14H21NO3/c1-10(17)14-12(6-3-7-13(14)18-2)15-8-4-5-11(15)9-16/h3,6-7,10-11,16-17H,4-5,8-9H2,1-2H3. The van der Waals surface area contributed by atoms with Crippen molar-refractivity contribution in [2.24, 2.45) is 0 Å². The van der Waals surface area contributed by atoms with E-state index in [1.165, 1.54) is 0 Å². The highest BCUT2D eigenvalue weighted by molar-refractivity contribution is 5.61. The molecule has 1 fully saturated rings. The van der Waals surface area contributed by atoms with Gasteiger partial charge in [0.1, 0.15) is 5.75 Å². The molecule has 4 nitrogen and oxygen atoms in total. The zero-order chi connectivity index (χ0) is 13.1. The van der Waals surface area contributed by atoms with Crippen LogP contribution in [-0.2, 0) is 0 Å². The molecule has 2 N–H and O–H groups in total. The summed E-state index contributed by atoms with van der Waals surface area (Å²) >= 11 is 0. The molecule has 0 radical (unpaired) electrons. The van der Waals surface area contributed by atoms with Crippen molar-refractivity contribution in [3.63, 3.8) is 0 Å². The predicted octanol–water partition coefficient (Wildman–Crippen LogP) is 1.71. The molecule has 2 atom stereocenters. The highest BCUT2D eigenvalue weighted by atomic mass is 16.5. The van der Waals surface area contributed by atoms with Crippen molar-refractivity contribution in [3.8, 4) is 5.75 Å². The zero-order valence-corrected chi connectivity index (χ0v) is 11.0. The van der Waals surface area contributed by atoms with Gasteiger partial charge in [-0.05, 0) is 31.9 Å². The molecule has 0 amide bonds. The maximum Gasteiger partial charge on any atom is 0.126 e. The smallest absolute Gasteiger partial charge is 0.126 e. The van der Waals surface area contributed by atoms with E-state index in [-0.39, 0.29) is 12.6 Å². The van der Waals surface area contributed by atoms with Crippen molar-refractivity contribution in [1.29, 1.82) is 0 Å². The van der Waals surface area contributed by atoms with Crippen molar-refractivity contribution in [1.82, 2.24) is 0 Å². The van der Waals surface area contributed by atoms with Gasteiger partial charge in [0.05, 0.1) is 25.9 Å². The number of anilines is 1. The van der Waals surface area contributed by atoms with Crippen molar-refractivity contribution >= 4 is 5.69 Å². The molecule has 0 aliphatic carbocycles. The summed E-state index contributed by atoms with van der Waals surface area (Å²) in [5, 5.41) is 19.4. The minimum atomic E-state index is -0.587. The van der Waals surface area contributed by atoms with Crippen molar-refractivity contribution in [3.05, 3.63) is 23.8 Å². The summed E-state index contributed by atoms with van der Waals surface area (Å²) in [4.78, 5) is 2.17. The molecule has 1 aromatic rings. The van der Waals surface area contributed by atoms with Crippen molar-refractivity contribution in [2.75, 3.05) is 25.2 Å². The second-order valence-corrected chi connectivity index (χ2v) is 4.74. The summed E-state index contributed by atoms with van der Waals surface area (Å²) < 4.78 is 5.33. The molecule has 18 heavy (non-hydrogen) atoms. The van der Waals surface area contributed by atoms with E-state index in [4.69, 9.17) is 4.74 Å². The topological polar surface area (TPSA) is 52.9 Å². The zero-order valence-electron chi connectivity index (χ0n) is 11.0. The Labute approximate surface area is 108 Å². The second-order valence-electron chi connectivity index (χ2n) is 4.74. The van der Waals surface area contributed by atoms with Gasteiger partial charge in [-0.15, -0.1) is 0 Å². The Bertz CT molecular complexity index is 406. The summed E-state index contributed by atoms with van der Waals surface area (Å²) in [6.07, 6.45) is 1.48. The number of hydrogen-bond acceptors (Lipinski definition) is 4. The van der Waals surface area contributed by atoms with Crippen LogP contribution in [0.2, 0.25) is 0 Å². The molecule has 4 heteroatoms. The monoisotopic (exact) mass is 251 g/mol. The van der Waals surface area contributed by atoms with Crippen LogP contribution in [0.1, 0.15) is 31.4 Å². The van der Waals surface area contributed by atoms with Crippen LogP contribution in [0, 0.1) is 0 Å². The molecule has 1 aliphatic rings. The maximum atomic E-state index is 9.97. The van der Waals surface area contributed by atoms with E-state index in [9.17, 15) is 10.2 Å². The van der Waals surface area contributed by atoms with E-state index >= 15 is 0 Å². The average molecular weight is 251 g/mol. The Kier molecular flexibility index (Phi) is 4.09. The van der Waals surface area contributed by atoms with Gasteiger partial charge in [-0.25, -0.2) is 0 Å². The van der Waals surface area contributed by atoms with Crippen molar-refractivity contribution in [2.45, 2.75) is 31.9 Å². The summed E-state index contributed by atoms with van der Waals surface area (Å²) in [7, 11) is 1.61. The summed E-state index contributed by atoms with van der Waals surface area (Å²) in [5.41, 5.74) is 1.78. The molecule has 0 bridgehead atoms. The lowest BCUT2D eigenvalue weighted by molar-refractivity contribution is 0.194. The van der Waals surface area contributed by atoms with Crippen LogP contribution in [0.4, 0.5) is 5.69 Å². The van der Waals surface area contributed by atoms with Gasteiger partial charge in [0.25, 0.3) is 0 Å². The van der Waals surface area contributed by atoms with E-state index in [1.54, 1.807) is 14.0 Å². The van der Waals surface area contributed by atoms with Crippen LogP contribution >= 0.6 is 0 Å². The fourth-order valence-corrected chi connectivity index (χ4v) is 2.72. The number of ether oxygens (including phenoxy) is 1. The number of benzene rings is 1. The van der Waals surface area contributed by atoms with E-state index < -0.39 is 6.10 Å². The van der Waals surface area contributed by atoms with Gasteiger partial charge in [0.15, 0.2) is 0 Å². The molecule has 1 heterocycles. The number of aliphatic hydroxyl groups is 2. The van der Waals surface area contributed by atoms with Gasteiger partial charge in [-0.1, -0.05) is 6.07 Å². The molecule has 1 aromatic carbocycles. The van der Waals surface area contributed by atoms with Gasteiger partial charge >= 0.3 is 0 Å². The molecule has 2 unspecified atom stereocenters. The quantitative estimate of drug-likeness (QED) is 0.855. The normalized spacial score (nSPS) is 21.1. The molecule has 100 valence electrons. The van der Waals surface area contributed by atoms with Crippen LogP contribution < -0.4 is 9.64 Å². The lowest BCUT2D eigenvalue weighted by atomic mass is 10.0. The third-order valence-electron chi connectivity index (χ3n) is 3.58. The Hall–Kier alpha value is -1.26. The van der Waals surface area contributed by atoms with E-state index in [0.717, 1.165) is 30.6 Å².